The number of thiophene rings is 1. The van der Waals surface area contributed by atoms with E-state index in [4.69, 9.17) is 4.74 Å². The lowest BCUT2D eigenvalue weighted by Crippen LogP contribution is -2.24. The molecule has 6 nitrogen and oxygen atoms in total. The fourth-order valence-corrected chi connectivity index (χ4v) is 4.67. The van der Waals surface area contributed by atoms with Gasteiger partial charge in [0.2, 0.25) is 15.8 Å². The molecule has 168 valence electrons. The van der Waals surface area contributed by atoms with E-state index in [9.17, 15) is 18.0 Å². The number of sulfonamides is 1. The van der Waals surface area contributed by atoms with Gasteiger partial charge in [-0.05, 0) is 29.7 Å². The number of benzene rings is 2. The first-order chi connectivity index (χ1) is 15.3. The van der Waals surface area contributed by atoms with Crippen molar-refractivity contribution in [2.24, 2.45) is 0 Å². The van der Waals surface area contributed by atoms with E-state index in [1.807, 2.05) is 60.7 Å². The van der Waals surface area contributed by atoms with Crippen LogP contribution in [0.1, 0.15) is 38.0 Å². The maximum atomic E-state index is 12.5. The fraction of sp³-hybridized carbons (Fsp3) is 0.250. The van der Waals surface area contributed by atoms with Gasteiger partial charge in [0.25, 0.3) is 0 Å². The van der Waals surface area contributed by atoms with Crippen LogP contribution in [-0.4, -0.2) is 39.6 Å². The molecule has 0 spiro atoms. The molecule has 0 radical (unpaired) electrons. The number of carbonyl (C=O) groups is 2. The highest BCUT2D eigenvalue weighted by atomic mass is 32.2. The first-order valence-corrected chi connectivity index (χ1v) is 12.8. The first-order valence-electron chi connectivity index (χ1n) is 10.1. The van der Waals surface area contributed by atoms with Gasteiger partial charge in [-0.15, -0.1) is 11.3 Å². The van der Waals surface area contributed by atoms with Crippen molar-refractivity contribution < 1.29 is 22.7 Å². The molecular weight excluding hydrogens is 446 g/mol. The second-order valence-electron chi connectivity index (χ2n) is 7.34. The summed E-state index contributed by atoms with van der Waals surface area (Å²) in [6.45, 7) is -0.0565. The van der Waals surface area contributed by atoms with Gasteiger partial charge in [0, 0.05) is 17.3 Å². The van der Waals surface area contributed by atoms with E-state index < -0.39 is 16.0 Å². The van der Waals surface area contributed by atoms with Crippen molar-refractivity contribution in [2.45, 2.75) is 18.8 Å². The Morgan fingerprint density at radius 1 is 0.938 bits per heavy atom. The minimum absolute atomic E-state index is 0.133. The molecule has 0 bridgehead atoms. The van der Waals surface area contributed by atoms with Gasteiger partial charge in [0.1, 0.15) is 0 Å². The van der Waals surface area contributed by atoms with Gasteiger partial charge in [-0.2, -0.15) is 0 Å². The summed E-state index contributed by atoms with van der Waals surface area (Å²) in [5, 5.41) is 0. The highest BCUT2D eigenvalue weighted by Gasteiger charge is 2.20. The summed E-state index contributed by atoms with van der Waals surface area (Å²) < 4.78 is 30.0. The lowest BCUT2D eigenvalue weighted by Gasteiger charge is -2.17. The van der Waals surface area contributed by atoms with Gasteiger partial charge < -0.3 is 4.74 Å². The van der Waals surface area contributed by atoms with Crippen LogP contribution in [0.25, 0.3) is 0 Å². The van der Waals surface area contributed by atoms with Crippen molar-refractivity contribution in [3.63, 3.8) is 0 Å². The Kier molecular flexibility index (Phi) is 8.33. The van der Waals surface area contributed by atoms with E-state index in [1.165, 1.54) is 11.3 Å². The minimum atomic E-state index is -3.24. The fourth-order valence-electron chi connectivity index (χ4n) is 3.26. The van der Waals surface area contributed by atoms with Gasteiger partial charge in [-0.25, -0.2) is 13.1 Å². The van der Waals surface area contributed by atoms with Crippen LogP contribution in [0.3, 0.4) is 0 Å². The SMILES string of the molecule is CS(=O)(=O)NCCc1ccc(C(=O)COC(=O)CC(c2ccccc2)c2ccccc2)s1. The van der Waals surface area contributed by atoms with E-state index in [-0.39, 0.29) is 31.3 Å². The number of esters is 1. The zero-order valence-electron chi connectivity index (χ0n) is 17.7. The average molecular weight is 472 g/mol. The molecule has 3 aromatic rings. The van der Waals surface area contributed by atoms with Crippen LogP contribution in [0, 0.1) is 0 Å². The number of hydrogen-bond acceptors (Lipinski definition) is 6. The lowest BCUT2D eigenvalue weighted by molar-refractivity contribution is -0.142. The van der Waals surface area contributed by atoms with Crippen LogP contribution >= 0.6 is 11.3 Å². The van der Waals surface area contributed by atoms with Crippen molar-refractivity contribution in [1.29, 1.82) is 0 Å². The Morgan fingerprint density at radius 3 is 2.09 bits per heavy atom. The largest absolute Gasteiger partial charge is 0.457 e. The molecule has 0 aliphatic carbocycles. The highest BCUT2D eigenvalue weighted by molar-refractivity contribution is 7.88. The maximum absolute atomic E-state index is 12.5. The number of carbonyl (C=O) groups excluding carboxylic acids is 2. The van der Waals surface area contributed by atoms with E-state index in [1.54, 1.807) is 12.1 Å². The molecule has 0 aliphatic rings. The van der Waals surface area contributed by atoms with E-state index in [2.05, 4.69) is 4.72 Å². The van der Waals surface area contributed by atoms with Crippen LogP contribution in [-0.2, 0) is 26.0 Å². The summed E-state index contributed by atoms with van der Waals surface area (Å²) in [7, 11) is -3.24. The zero-order chi connectivity index (χ0) is 23.0. The number of ketones is 1. The zero-order valence-corrected chi connectivity index (χ0v) is 19.3. The second-order valence-corrected chi connectivity index (χ2v) is 10.3. The van der Waals surface area contributed by atoms with Crippen molar-refractivity contribution in [1.82, 2.24) is 4.72 Å². The van der Waals surface area contributed by atoms with E-state index >= 15 is 0 Å². The molecule has 2 aromatic carbocycles. The van der Waals surface area contributed by atoms with Gasteiger partial charge >= 0.3 is 5.97 Å². The summed E-state index contributed by atoms with van der Waals surface area (Å²) in [4.78, 5) is 26.3. The van der Waals surface area contributed by atoms with Gasteiger partial charge in [0.05, 0.1) is 17.6 Å². The number of nitrogens with one attached hydrogen (secondary N) is 1. The van der Waals surface area contributed by atoms with Crippen molar-refractivity contribution in [2.75, 3.05) is 19.4 Å². The van der Waals surface area contributed by atoms with Crippen molar-refractivity contribution in [3.05, 3.63) is 93.7 Å². The van der Waals surface area contributed by atoms with Crippen LogP contribution in [0.5, 0.6) is 0 Å². The summed E-state index contributed by atoms with van der Waals surface area (Å²) in [5.74, 6) is -0.873. The van der Waals surface area contributed by atoms with Gasteiger partial charge in [-0.3, -0.25) is 9.59 Å². The molecule has 0 saturated heterocycles. The van der Waals surface area contributed by atoms with Crippen LogP contribution in [0.2, 0.25) is 0 Å². The standard InChI is InChI=1S/C24H25NO5S2/c1-32(28,29)25-15-14-20-12-13-23(31-20)22(26)17-30-24(27)16-21(18-8-4-2-5-9-18)19-10-6-3-7-11-19/h2-13,21,25H,14-17H2,1H3. The van der Waals surface area contributed by atoms with Gasteiger partial charge in [0.15, 0.2) is 6.61 Å². The smallest absolute Gasteiger partial charge is 0.307 e. The quantitative estimate of drug-likeness (QED) is 0.340. The monoisotopic (exact) mass is 471 g/mol. The molecule has 0 unspecified atom stereocenters. The van der Waals surface area contributed by atoms with Crippen LogP contribution in [0.4, 0.5) is 0 Å². The first kappa shape index (κ1) is 23.8. The minimum Gasteiger partial charge on any atom is -0.457 e. The van der Waals surface area contributed by atoms with E-state index in [0.29, 0.717) is 11.3 Å². The van der Waals surface area contributed by atoms with Gasteiger partial charge in [-0.1, -0.05) is 60.7 Å². The predicted octanol–water partition coefficient (Wildman–Crippen LogP) is 3.79. The summed E-state index contributed by atoms with van der Waals surface area (Å²) >= 11 is 1.28. The van der Waals surface area contributed by atoms with Crippen molar-refractivity contribution in [3.8, 4) is 0 Å². The number of hydrogen-bond donors (Lipinski definition) is 1. The molecule has 1 aromatic heterocycles. The van der Waals surface area contributed by atoms with Crippen LogP contribution in [0.15, 0.2) is 72.8 Å². The Bertz CT molecular complexity index is 1100. The Morgan fingerprint density at radius 2 is 1.53 bits per heavy atom. The molecule has 0 saturated carbocycles. The lowest BCUT2D eigenvalue weighted by atomic mass is 9.89. The van der Waals surface area contributed by atoms with Crippen molar-refractivity contribution >= 4 is 33.1 Å². The molecule has 0 amide bonds. The molecule has 1 heterocycles. The maximum Gasteiger partial charge on any atom is 0.307 e. The third-order valence-electron chi connectivity index (χ3n) is 4.81. The summed E-state index contributed by atoms with van der Waals surface area (Å²) in [6.07, 6.45) is 1.72. The topological polar surface area (TPSA) is 89.5 Å². The third-order valence-corrected chi connectivity index (χ3v) is 6.73. The van der Waals surface area contributed by atoms with Crippen LogP contribution < -0.4 is 4.72 Å². The summed E-state index contributed by atoms with van der Waals surface area (Å²) in [6, 6.07) is 22.9. The normalized spacial score (nSPS) is 11.4. The molecule has 32 heavy (non-hydrogen) atoms. The molecule has 0 fully saturated rings. The average Bonchev–Trinajstić information content (AvgIpc) is 3.25. The Labute approximate surface area is 192 Å². The molecule has 0 aliphatic heterocycles. The molecular formula is C24H25NO5S2. The molecule has 3 rings (SSSR count). The third kappa shape index (κ3) is 7.40. The highest BCUT2D eigenvalue weighted by Crippen LogP contribution is 2.28. The molecule has 8 heteroatoms. The summed E-state index contributed by atoms with van der Waals surface area (Å²) in [5.41, 5.74) is 2.01. The Balaban J connectivity index is 1.56. The number of rotatable bonds is 11. The number of ether oxygens (including phenoxy) is 1. The Hall–Kier alpha value is -2.81. The van der Waals surface area contributed by atoms with E-state index in [0.717, 1.165) is 22.3 Å². The molecule has 1 N–H and O–H groups in total. The predicted molar refractivity (Wildman–Crippen MR) is 126 cm³/mol. The second kappa shape index (κ2) is 11.2. The molecule has 0 atom stereocenters. The number of Topliss-reactive ketones (excluding diaryl/α,β-unsaturated/α-hetero) is 1.